The van der Waals surface area contributed by atoms with Gasteiger partial charge in [-0.05, 0) is 79.3 Å². The molecule has 194 valence electrons. The summed E-state index contributed by atoms with van der Waals surface area (Å²) in [5, 5.41) is 20.7. The summed E-state index contributed by atoms with van der Waals surface area (Å²) >= 11 is 13.1. The van der Waals surface area contributed by atoms with Gasteiger partial charge in [-0.3, -0.25) is 0 Å². The number of carbonyl (C=O) groups is 1. The highest BCUT2D eigenvalue weighted by molar-refractivity contribution is 6.39. The van der Waals surface area contributed by atoms with Crippen LogP contribution in [-0.4, -0.2) is 34.4 Å². The molecule has 3 heterocycles. The lowest BCUT2D eigenvalue weighted by molar-refractivity contribution is 0.0697. The van der Waals surface area contributed by atoms with Gasteiger partial charge in [0.15, 0.2) is 0 Å². The van der Waals surface area contributed by atoms with Gasteiger partial charge in [0.2, 0.25) is 0 Å². The van der Waals surface area contributed by atoms with Crippen LogP contribution >= 0.6 is 23.2 Å². The Kier molecular flexibility index (Phi) is 5.87. The van der Waals surface area contributed by atoms with E-state index in [1.807, 2.05) is 30.3 Å². The van der Waals surface area contributed by atoms with Crippen LogP contribution in [0.5, 0.6) is 0 Å². The topological polar surface area (TPSA) is 78.6 Å². The van der Waals surface area contributed by atoms with Crippen molar-refractivity contribution >= 4 is 45.6 Å². The fourth-order valence-electron chi connectivity index (χ4n) is 6.32. The third-order valence-corrected chi connectivity index (χ3v) is 8.98. The summed E-state index contributed by atoms with van der Waals surface area (Å²) in [6.45, 7) is 0.679. The van der Waals surface area contributed by atoms with Gasteiger partial charge in [-0.15, -0.1) is 0 Å². The number of halogens is 2. The smallest absolute Gasteiger partial charge is 0.335 e. The van der Waals surface area contributed by atoms with Crippen molar-refractivity contribution in [3.05, 3.63) is 81.5 Å². The van der Waals surface area contributed by atoms with Crippen LogP contribution in [0.2, 0.25) is 10.0 Å². The van der Waals surface area contributed by atoms with Crippen molar-refractivity contribution in [2.24, 2.45) is 0 Å². The number of carboxylic acids is 1. The lowest BCUT2D eigenvalue weighted by atomic mass is 9.76. The standard InChI is InChI=1S/C30H27Cl2N3O3/c31-25-2-1-3-26(32)27(25)28-24(29(38-34-28)16-4-5-16)15-33-20-12-22-14-23(13-20)35(22)21-9-8-17-10-19(30(36)37)7-6-18(17)11-21/h1-3,6-11,16,20,22-23,33H,4-5,12-15H2,(H,36,37). The molecule has 2 aliphatic carbocycles. The summed E-state index contributed by atoms with van der Waals surface area (Å²) in [5.41, 5.74) is 4.10. The van der Waals surface area contributed by atoms with E-state index in [1.165, 1.54) is 12.1 Å². The number of aromatic carboxylic acids is 1. The lowest BCUT2D eigenvalue weighted by Crippen LogP contribution is -2.64. The highest BCUT2D eigenvalue weighted by Gasteiger charge is 2.45. The number of fused-ring (bicyclic) bond motifs is 3. The van der Waals surface area contributed by atoms with Crippen LogP contribution in [0.15, 0.2) is 59.1 Å². The van der Waals surface area contributed by atoms with E-state index in [1.54, 1.807) is 12.1 Å². The van der Waals surface area contributed by atoms with Gasteiger partial charge >= 0.3 is 5.97 Å². The van der Waals surface area contributed by atoms with Crippen LogP contribution in [0.4, 0.5) is 5.69 Å². The van der Waals surface area contributed by atoms with E-state index in [2.05, 4.69) is 27.5 Å². The van der Waals surface area contributed by atoms with Gasteiger partial charge in [-0.25, -0.2) is 4.79 Å². The Balaban J connectivity index is 1.07. The molecule has 2 saturated heterocycles. The maximum absolute atomic E-state index is 11.3. The molecule has 3 aromatic carbocycles. The average Bonchev–Trinajstić information content (AvgIpc) is 3.67. The largest absolute Gasteiger partial charge is 0.478 e. The van der Waals surface area contributed by atoms with Crippen molar-refractivity contribution in [3.63, 3.8) is 0 Å². The number of hydrogen-bond acceptors (Lipinski definition) is 5. The number of piperidine rings is 1. The Morgan fingerprint density at radius 3 is 2.42 bits per heavy atom. The number of nitrogens with zero attached hydrogens (tertiary/aromatic N) is 2. The Morgan fingerprint density at radius 1 is 1.00 bits per heavy atom. The molecule has 2 unspecified atom stereocenters. The molecular weight excluding hydrogens is 521 g/mol. The van der Waals surface area contributed by atoms with Crippen molar-refractivity contribution in [1.29, 1.82) is 0 Å². The van der Waals surface area contributed by atoms with Gasteiger partial charge in [0, 0.05) is 47.4 Å². The second-order valence-corrected chi connectivity index (χ2v) is 11.6. The summed E-state index contributed by atoms with van der Waals surface area (Å²) in [7, 11) is 0. The second-order valence-electron chi connectivity index (χ2n) is 10.8. The highest BCUT2D eigenvalue weighted by Crippen LogP contribution is 2.46. The van der Waals surface area contributed by atoms with E-state index in [-0.39, 0.29) is 0 Å². The zero-order chi connectivity index (χ0) is 26.0. The zero-order valence-electron chi connectivity index (χ0n) is 20.7. The van der Waals surface area contributed by atoms with Crippen LogP contribution in [0, 0.1) is 0 Å². The Labute approximate surface area is 230 Å². The third kappa shape index (κ3) is 4.15. The first kappa shape index (κ1) is 24.0. The summed E-state index contributed by atoms with van der Waals surface area (Å²) in [6, 6.07) is 18.6. The number of rotatable bonds is 7. The van der Waals surface area contributed by atoms with Crippen LogP contribution in [0.25, 0.3) is 22.0 Å². The number of nitrogens with one attached hydrogen (secondary N) is 1. The van der Waals surface area contributed by atoms with E-state index in [4.69, 9.17) is 27.7 Å². The van der Waals surface area contributed by atoms with Gasteiger partial charge < -0.3 is 19.8 Å². The molecule has 2 bridgehead atoms. The first-order valence-electron chi connectivity index (χ1n) is 13.2. The Morgan fingerprint density at radius 2 is 1.71 bits per heavy atom. The van der Waals surface area contributed by atoms with Crippen molar-refractivity contribution < 1.29 is 14.4 Å². The van der Waals surface area contributed by atoms with E-state index in [9.17, 15) is 9.90 Å². The number of benzene rings is 3. The Hall–Kier alpha value is -3.06. The van der Waals surface area contributed by atoms with Gasteiger partial charge in [0.25, 0.3) is 0 Å². The lowest BCUT2D eigenvalue weighted by Gasteiger charge is -2.57. The van der Waals surface area contributed by atoms with E-state index >= 15 is 0 Å². The minimum atomic E-state index is -0.899. The minimum absolute atomic E-state index is 0.317. The summed E-state index contributed by atoms with van der Waals surface area (Å²) < 4.78 is 5.84. The van der Waals surface area contributed by atoms with Crippen molar-refractivity contribution in [3.8, 4) is 11.3 Å². The van der Waals surface area contributed by atoms with E-state index < -0.39 is 5.97 Å². The molecule has 4 aliphatic rings. The van der Waals surface area contributed by atoms with Crippen LogP contribution < -0.4 is 10.2 Å². The van der Waals surface area contributed by atoms with Crippen LogP contribution in [0.1, 0.15) is 59.7 Å². The average molecular weight is 548 g/mol. The maximum Gasteiger partial charge on any atom is 0.335 e. The highest BCUT2D eigenvalue weighted by atomic mass is 35.5. The number of anilines is 1. The normalized spacial score (nSPS) is 22.5. The molecule has 4 fully saturated rings. The summed E-state index contributed by atoms with van der Waals surface area (Å²) in [4.78, 5) is 13.8. The molecule has 0 amide bonds. The van der Waals surface area contributed by atoms with E-state index in [0.717, 1.165) is 59.0 Å². The van der Waals surface area contributed by atoms with Gasteiger partial charge in [0.05, 0.1) is 15.6 Å². The summed E-state index contributed by atoms with van der Waals surface area (Å²) in [6.07, 6.45) is 5.60. The maximum atomic E-state index is 11.3. The molecule has 0 spiro atoms. The third-order valence-electron chi connectivity index (χ3n) is 8.35. The molecular formula is C30H27Cl2N3O3. The monoisotopic (exact) mass is 547 g/mol. The molecule has 6 nitrogen and oxygen atoms in total. The molecule has 2 N–H and O–H groups in total. The van der Waals surface area contributed by atoms with Crippen LogP contribution in [-0.2, 0) is 6.54 Å². The SMILES string of the molecule is O=C(O)c1ccc2cc(N3C4CC(NCc5c(-c6c(Cl)cccc6Cl)noc5C5CC5)CC3C4)ccc2c1. The van der Waals surface area contributed by atoms with Crippen LogP contribution in [0.3, 0.4) is 0 Å². The summed E-state index contributed by atoms with van der Waals surface area (Å²) in [5.74, 6) is 0.502. The van der Waals surface area contributed by atoms with Crippen molar-refractivity contribution in [2.75, 3.05) is 4.90 Å². The zero-order valence-corrected chi connectivity index (χ0v) is 22.2. The minimum Gasteiger partial charge on any atom is -0.478 e. The number of aromatic nitrogens is 1. The molecule has 2 saturated carbocycles. The quantitative estimate of drug-likeness (QED) is 0.253. The molecule has 38 heavy (non-hydrogen) atoms. The van der Waals surface area contributed by atoms with Crippen molar-refractivity contribution in [2.45, 2.75) is 62.7 Å². The molecule has 1 aromatic heterocycles. The van der Waals surface area contributed by atoms with Crippen molar-refractivity contribution in [1.82, 2.24) is 10.5 Å². The number of carboxylic acid groups (broad SMARTS) is 1. The predicted octanol–water partition coefficient (Wildman–Crippen LogP) is 7.28. The Bertz CT molecular complexity index is 1530. The van der Waals surface area contributed by atoms with Gasteiger partial charge in [-0.1, -0.05) is 46.6 Å². The first-order chi connectivity index (χ1) is 18.5. The molecule has 8 rings (SSSR count). The number of hydrogen-bond donors (Lipinski definition) is 2. The first-order valence-corrected chi connectivity index (χ1v) is 13.9. The predicted molar refractivity (Wildman–Crippen MR) is 149 cm³/mol. The molecule has 0 radical (unpaired) electrons. The fourth-order valence-corrected chi connectivity index (χ4v) is 6.89. The van der Waals surface area contributed by atoms with E-state index in [0.29, 0.717) is 46.2 Å². The molecule has 2 aliphatic heterocycles. The molecule has 8 heteroatoms. The van der Waals surface area contributed by atoms with Gasteiger partial charge in [-0.2, -0.15) is 0 Å². The molecule has 2 atom stereocenters. The van der Waals surface area contributed by atoms with Gasteiger partial charge in [0.1, 0.15) is 11.5 Å². The molecule has 4 aromatic rings. The second kappa shape index (κ2) is 9.30. The fraction of sp³-hybridized carbons (Fsp3) is 0.333.